The fourth-order valence-corrected chi connectivity index (χ4v) is 4.94. The first kappa shape index (κ1) is 38.0. The molecule has 0 spiro atoms. The second-order valence-electron chi connectivity index (χ2n) is 9.68. The van der Waals surface area contributed by atoms with Crippen LogP contribution in [0.25, 0.3) is 10.6 Å². The van der Waals surface area contributed by atoms with Gasteiger partial charge in [0.05, 0.1) is 22.3 Å². The predicted molar refractivity (Wildman–Crippen MR) is 149 cm³/mol. The molecule has 4 aromatic carbocycles. The largest absolute Gasteiger partial charge is 0.781 e. The van der Waals surface area contributed by atoms with E-state index in [0.29, 0.717) is 12.1 Å². The molecule has 2 unspecified atom stereocenters. The van der Waals surface area contributed by atoms with E-state index in [2.05, 4.69) is 10.6 Å². The number of rotatable bonds is 7. The fraction of sp³-hybridized carbons (Fsp3) is 0.200. The summed E-state index contributed by atoms with van der Waals surface area (Å²) in [5, 5.41) is 8.65. The minimum absolute atomic E-state index is 0. The number of benzene rings is 4. The standard InChI is InChI=1S/C30H18F12N2S2.Ni/c31-27(32,33)17-11-9-15(13-19(17)29(37,38)39)25(43-21-5-1-3-7-23(21)45)26(44-22-6-2-4-8-24(22)46)16-10-12-18(28(34,35)36)20(14-16)30(40,41)42;/h1-14,25-26,45-46H;/q-2;/p-2. The molecule has 2 nitrogen and oxygen atoms in total. The van der Waals surface area contributed by atoms with Gasteiger partial charge in [-0.1, -0.05) is 71.8 Å². The van der Waals surface area contributed by atoms with Gasteiger partial charge >= 0.3 is 24.7 Å². The third-order valence-electron chi connectivity index (χ3n) is 6.58. The van der Waals surface area contributed by atoms with Crippen LogP contribution in [-0.2, 0) is 66.5 Å². The van der Waals surface area contributed by atoms with E-state index in [1.807, 2.05) is 0 Å². The Morgan fingerprint density at radius 2 is 0.723 bits per heavy atom. The van der Waals surface area contributed by atoms with Crippen molar-refractivity contribution in [1.82, 2.24) is 0 Å². The minimum Gasteiger partial charge on any atom is -0.781 e. The third-order valence-corrected chi connectivity index (χ3v) is 7.27. The second kappa shape index (κ2) is 14.0. The Labute approximate surface area is 280 Å². The molecular formula is C30H16F12N2NiS2-4. The Hall–Kier alpha value is -3.43. The quantitative estimate of drug-likeness (QED) is 0.107. The summed E-state index contributed by atoms with van der Waals surface area (Å²) >= 11 is 10.4. The molecule has 0 radical (unpaired) electrons. The molecular weight excluding hydrogens is 739 g/mol. The van der Waals surface area contributed by atoms with Gasteiger partial charge in [-0.25, -0.2) is 0 Å². The first-order valence-electron chi connectivity index (χ1n) is 12.7. The molecule has 0 heterocycles. The molecule has 0 aliphatic rings. The maximum absolute atomic E-state index is 14.0. The average Bonchev–Trinajstić information content (AvgIpc) is 2.94. The zero-order valence-corrected chi connectivity index (χ0v) is 25.4. The summed E-state index contributed by atoms with van der Waals surface area (Å²) < 4.78 is 165. The van der Waals surface area contributed by atoms with Gasteiger partial charge < -0.3 is 35.9 Å². The Morgan fingerprint density at radius 3 is 1.00 bits per heavy atom. The molecule has 4 rings (SSSR count). The van der Waals surface area contributed by atoms with E-state index >= 15 is 0 Å². The van der Waals surface area contributed by atoms with Crippen molar-refractivity contribution in [3.63, 3.8) is 0 Å². The van der Waals surface area contributed by atoms with E-state index < -0.39 is 70.2 Å². The zero-order valence-electron chi connectivity index (χ0n) is 22.8. The van der Waals surface area contributed by atoms with Gasteiger partial charge in [-0.3, -0.25) is 0 Å². The first-order valence-corrected chi connectivity index (χ1v) is 13.5. The number of nitrogens with zero attached hydrogens (tertiary/aromatic N) is 2. The molecule has 0 saturated heterocycles. The van der Waals surface area contributed by atoms with Crippen LogP contribution in [0.5, 0.6) is 0 Å². The van der Waals surface area contributed by atoms with E-state index in [4.69, 9.17) is 25.3 Å². The van der Waals surface area contributed by atoms with Crippen LogP contribution in [0, 0.1) is 0 Å². The van der Waals surface area contributed by atoms with Crippen molar-refractivity contribution >= 4 is 36.6 Å². The van der Waals surface area contributed by atoms with E-state index in [-0.39, 0.29) is 61.9 Å². The van der Waals surface area contributed by atoms with Crippen molar-refractivity contribution in [3.05, 3.63) is 129 Å². The predicted octanol–water partition coefficient (Wildman–Crippen LogP) is 11.8. The fourth-order valence-electron chi connectivity index (χ4n) is 4.54. The van der Waals surface area contributed by atoms with Crippen LogP contribution in [0.3, 0.4) is 0 Å². The molecule has 0 bridgehead atoms. The topological polar surface area (TPSA) is 28.2 Å². The molecule has 0 amide bonds. The van der Waals surface area contributed by atoms with Crippen LogP contribution in [0.4, 0.5) is 64.1 Å². The van der Waals surface area contributed by atoms with Gasteiger partial charge in [-0.05, 0) is 24.3 Å². The average molecular weight is 755 g/mol. The molecule has 0 aliphatic carbocycles. The maximum Gasteiger partial charge on any atom is 0.417 e. The van der Waals surface area contributed by atoms with Gasteiger partial charge in [0.2, 0.25) is 0 Å². The zero-order chi connectivity index (χ0) is 34.2. The summed E-state index contributed by atoms with van der Waals surface area (Å²) in [6, 6.07) is 9.09. The van der Waals surface area contributed by atoms with Crippen molar-refractivity contribution < 1.29 is 69.2 Å². The Balaban J connectivity index is 0.00000600. The normalized spacial score (nSPS) is 13.8. The molecule has 0 saturated carbocycles. The van der Waals surface area contributed by atoms with E-state index in [9.17, 15) is 52.7 Å². The molecule has 0 aromatic heterocycles. The van der Waals surface area contributed by atoms with Crippen LogP contribution >= 0.6 is 0 Å². The van der Waals surface area contributed by atoms with Gasteiger partial charge in [0.1, 0.15) is 0 Å². The third kappa shape index (κ3) is 8.93. The first-order chi connectivity index (χ1) is 21.2. The summed E-state index contributed by atoms with van der Waals surface area (Å²) in [5.74, 6) is 0. The Morgan fingerprint density at radius 1 is 0.426 bits per heavy atom. The van der Waals surface area contributed by atoms with Crippen LogP contribution < -0.4 is 0 Å². The van der Waals surface area contributed by atoms with Gasteiger partial charge in [0.15, 0.2) is 0 Å². The summed E-state index contributed by atoms with van der Waals surface area (Å²) in [4.78, 5) is 0.00236. The number of para-hydroxylation sites is 2. The summed E-state index contributed by atoms with van der Waals surface area (Å²) in [7, 11) is 0. The van der Waals surface area contributed by atoms with Gasteiger partial charge in [-0.15, -0.1) is 12.1 Å². The van der Waals surface area contributed by atoms with Gasteiger partial charge in [0, 0.05) is 16.5 Å². The second-order valence-corrected chi connectivity index (χ2v) is 10.6. The van der Waals surface area contributed by atoms with Crippen molar-refractivity contribution in [2.75, 3.05) is 0 Å². The Bertz CT molecular complexity index is 1580. The Kier molecular flexibility index (Phi) is 11.3. The monoisotopic (exact) mass is 754 g/mol. The van der Waals surface area contributed by atoms with Crippen molar-refractivity contribution in [2.24, 2.45) is 0 Å². The van der Waals surface area contributed by atoms with Gasteiger partial charge in [-0.2, -0.15) is 73.9 Å². The minimum atomic E-state index is -5.56. The van der Waals surface area contributed by atoms with Crippen LogP contribution in [0.1, 0.15) is 45.5 Å². The maximum atomic E-state index is 14.0. The number of hydrogen-bond donors (Lipinski definition) is 0. The molecule has 256 valence electrons. The molecule has 47 heavy (non-hydrogen) atoms. The van der Waals surface area contributed by atoms with E-state index in [1.54, 1.807) is 0 Å². The molecule has 0 N–H and O–H groups in total. The van der Waals surface area contributed by atoms with Gasteiger partial charge in [0.25, 0.3) is 0 Å². The van der Waals surface area contributed by atoms with Crippen LogP contribution in [-0.4, -0.2) is 0 Å². The number of halogens is 12. The SMILES string of the molecule is FC(F)(F)c1ccc(C([N-]c2ccccc2[S-])C([N-]c2ccccc2[S-])c2ccc(C(F)(F)F)c(C(F)(F)F)c2)cc1C(F)(F)F.[Ni]. The smallest absolute Gasteiger partial charge is 0.417 e. The molecule has 0 fully saturated rings. The number of alkyl halides is 12. The summed E-state index contributed by atoms with van der Waals surface area (Å²) in [6.07, 6.45) is -22.0. The molecule has 4 aromatic rings. The van der Waals surface area contributed by atoms with E-state index in [1.165, 1.54) is 48.5 Å². The summed E-state index contributed by atoms with van der Waals surface area (Å²) in [6.45, 7) is 0. The van der Waals surface area contributed by atoms with Crippen molar-refractivity contribution in [1.29, 1.82) is 0 Å². The van der Waals surface area contributed by atoms with Crippen LogP contribution in [0.15, 0.2) is 94.7 Å². The molecule has 2 atom stereocenters. The molecule has 0 aliphatic heterocycles. The number of hydrogen-bond acceptors (Lipinski definition) is 2. The molecule has 17 heteroatoms. The van der Waals surface area contributed by atoms with Crippen molar-refractivity contribution in [2.45, 2.75) is 46.6 Å². The van der Waals surface area contributed by atoms with Crippen molar-refractivity contribution in [3.8, 4) is 0 Å². The summed E-state index contributed by atoms with van der Waals surface area (Å²) in [5.41, 5.74) is -9.79. The van der Waals surface area contributed by atoms with Crippen LogP contribution in [0.2, 0.25) is 0 Å². The van der Waals surface area contributed by atoms with E-state index in [0.717, 1.165) is 0 Å².